The van der Waals surface area contributed by atoms with Gasteiger partial charge in [-0.2, -0.15) is 0 Å². The summed E-state index contributed by atoms with van der Waals surface area (Å²) in [6, 6.07) is 0. The predicted octanol–water partition coefficient (Wildman–Crippen LogP) is -0.134. The molecule has 0 fully saturated rings. The molecule has 78 valence electrons. The van der Waals surface area contributed by atoms with Gasteiger partial charge in [-0.05, 0) is 13.3 Å². The molecule has 5 heteroatoms. The lowest BCUT2D eigenvalue weighted by atomic mass is 10.1. The molecule has 0 bridgehead atoms. The molecule has 0 saturated carbocycles. The van der Waals surface area contributed by atoms with Crippen LogP contribution in [-0.4, -0.2) is 41.7 Å². The molecule has 0 spiro atoms. The first-order chi connectivity index (χ1) is 6.08. The number of rotatable bonds is 5. The molecule has 0 unspecified atom stereocenters. The van der Waals surface area contributed by atoms with Crippen molar-refractivity contribution < 1.29 is 19.7 Å². The van der Waals surface area contributed by atoms with Crippen LogP contribution >= 0.6 is 0 Å². The van der Waals surface area contributed by atoms with Gasteiger partial charge in [-0.15, -0.1) is 0 Å². The molecule has 0 radical (unpaired) electrons. The molecule has 0 aliphatic heterocycles. The van der Waals surface area contributed by atoms with Crippen molar-refractivity contribution in [2.24, 2.45) is 0 Å². The van der Waals surface area contributed by atoms with Crippen LogP contribution in [-0.2, 0) is 4.74 Å². The zero-order valence-corrected chi connectivity index (χ0v) is 8.04. The van der Waals surface area contributed by atoms with E-state index in [0.717, 1.165) is 6.42 Å². The summed E-state index contributed by atoms with van der Waals surface area (Å²) in [5.41, 5.74) is -1.20. The highest BCUT2D eigenvalue weighted by molar-refractivity contribution is 5.67. The van der Waals surface area contributed by atoms with Crippen LogP contribution in [0, 0.1) is 0 Å². The van der Waals surface area contributed by atoms with E-state index in [1.807, 2.05) is 6.92 Å². The monoisotopic (exact) mass is 191 g/mol. The van der Waals surface area contributed by atoms with Gasteiger partial charge in [-0.3, -0.25) is 0 Å². The first-order valence-electron chi connectivity index (χ1n) is 4.26. The highest BCUT2D eigenvalue weighted by Gasteiger charge is 2.26. The average molecular weight is 191 g/mol. The Bertz CT molecular complexity index is 156. The van der Waals surface area contributed by atoms with Crippen LogP contribution in [0.1, 0.15) is 20.3 Å². The minimum atomic E-state index is -1.20. The van der Waals surface area contributed by atoms with Crippen molar-refractivity contribution >= 4 is 6.09 Å². The van der Waals surface area contributed by atoms with Gasteiger partial charge in [0.25, 0.3) is 0 Å². The summed E-state index contributed by atoms with van der Waals surface area (Å²) in [5.74, 6) is 0. The summed E-state index contributed by atoms with van der Waals surface area (Å²) in [6.07, 6.45) is 0.191. The lowest BCUT2D eigenvalue weighted by Gasteiger charge is -2.24. The normalized spacial score (nSPS) is 11.1. The number of nitrogens with one attached hydrogen (secondary N) is 1. The fourth-order valence-corrected chi connectivity index (χ4v) is 0.601. The number of hydrogen-bond donors (Lipinski definition) is 3. The maximum atomic E-state index is 11.0. The number of alkyl carbamates (subject to hydrolysis) is 1. The Kier molecular flexibility index (Phi) is 5.41. The minimum Gasteiger partial charge on any atom is -0.438 e. The molecule has 0 aromatic rings. The highest BCUT2D eigenvalue weighted by Crippen LogP contribution is 2.07. The Morgan fingerprint density at radius 2 is 2.00 bits per heavy atom. The van der Waals surface area contributed by atoms with Gasteiger partial charge in [0.2, 0.25) is 0 Å². The Balaban J connectivity index is 3.87. The van der Waals surface area contributed by atoms with Crippen molar-refractivity contribution in [3.05, 3.63) is 0 Å². The van der Waals surface area contributed by atoms with Gasteiger partial charge in [0.05, 0.1) is 13.2 Å². The molecule has 0 aliphatic rings. The van der Waals surface area contributed by atoms with Gasteiger partial charge in [-0.25, -0.2) is 4.79 Å². The van der Waals surface area contributed by atoms with Gasteiger partial charge in [-0.1, -0.05) is 6.92 Å². The van der Waals surface area contributed by atoms with Crippen LogP contribution in [0.4, 0.5) is 4.79 Å². The van der Waals surface area contributed by atoms with Crippen LogP contribution < -0.4 is 5.32 Å². The topological polar surface area (TPSA) is 78.8 Å². The third-order valence-electron chi connectivity index (χ3n) is 1.53. The Labute approximate surface area is 77.7 Å². The molecule has 0 aromatic carbocycles. The van der Waals surface area contributed by atoms with Crippen molar-refractivity contribution in [1.29, 1.82) is 0 Å². The van der Waals surface area contributed by atoms with E-state index in [-0.39, 0.29) is 0 Å². The fourth-order valence-electron chi connectivity index (χ4n) is 0.601. The van der Waals surface area contributed by atoms with E-state index in [1.165, 1.54) is 6.92 Å². The summed E-state index contributed by atoms with van der Waals surface area (Å²) in [4.78, 5) is 11.0. The fraction of sp³-hybridized carbons (Fsp3) is 0.875. The van der Waals surface area contributed by atoms with E-state index < -0.39 is 24.9 Å². The van der Waals surface area contributed by atoms with Crippen LogP contribution in [0.15, 0.2) is 0 Å². The third-order valence-corrected chi connectivity index (χ3v) is 1.53. The van der Waals surface area contributed by atoms with Crippen LogP contribution in [0.3, 0.4) is 0 Å². The second kappa shape index (κ2) is 5.77. The standard InChI is InChI=1S/C8H17NO4/c1-3-4-9-7(12)13-8(2,5-10)6-11/h10-11H,3-6H2,1-2H3,(H,9,12). The predicted molar refractivity (Wildman–Crippen MR) is 47.4 cm³/mol. The van der Waals surface area contributed by atoms with Crippen LogP contribution in [0.5, 0.6) is 0 Å². The number of ether oxygens (including phenoxy) is 1. The van der Waals surface area contributed by atoms with Crippen molar-refractivity contribution in [2.45, 2.75) is 25.9 Å². The molecule has 0 aliphatic carbocycles. The van der Waals surface area contributed by atoms with E-state index in [0.29, 0.717) is 6.54 Å². The number of carbonyl (C=O) groups excluding carboxylic acids is 1. The van der Waals surface area contributed by atoms with Gasteiger partial charge < -0.3 is 20.3 Å². The first-order valence-corrected chi connectivity index (χ1v) is 4.26. The summed E-state index contributed by atoms with van der Waals surface area (Å²) in [6.45, 7) is 3.09. The van der Waals surface area contributed by atoms with Gasteiger partial charge in [0, 0.05) is 6.54 Å². The Hall–Kier alpha value is -0.810. The van der Waals surface area contributed by atoms with Crippen molar-refractivity contribution in [1.82, 2.24) is 5.32 Å². The summed E-state index contributed by atoms with van der Waals surface area (Å²) in [5, 5.41) is 20.1. The van der Waals surface area contributed by atoms with Gasteiger partial charge >= 0.3 is 6.09 Å². The smallest absolute Gasteiger partial charge is 0.407 e. The van der Waals surface area contributed by atoms with Gasteiger partial charge in [0.15, 0.2) is 5.60 Å². The lowest BCUT2D eigenvalue weighted by Crippen LogP contribution is -2.42. The van der Waals surface area contributed by atoms with Crippen molar-refractivity contribution in [2.75, 3.05) is 19.8 Å². The molecule has 0 heterocycles. The molecule has 0 rings (SSSR count). The molecule has 1 amide bonds. The van der Waals surface area contributed by atoms with E-state index in [2.05, 4.69) is 5.32 Å². The Morgan fingerprint density at radius 1 is 1.46 bits per heavy atom. The number of aliphatic hydroxyl groups excluding tert-OH is 2. The number of carbonyl (C=O) groups is 1. The first kappa shape index (κ1) is 12.2. The zero-order chi connectivity index (χ0) is 10.3. The van der Waals surface area contributed by atoms with Crippen LogP contribution in [0.25, 0.3) is 0 Å². The number of aliphatic hydroxyl groups is 2. The zero-order valence-electron chi connectivity index (χ0n) is 8.04. The molecule has 0 aromatic heterocycles. The van der Waals surface area contributed by atoms with E-state index in [1.54, 1.807) is 0 Å². The highest BCUT2D eigenvalue weighted by atomic mass is 16.6. The summed E-state index contributed by atoms with van der Waals surface area (Å²) in [7, 11) is 0. The lowest BCUT2D eigenvalue weighted by molar-refractivity contribution is -0.0513. The molecule has 13 heavy (non-hydrogen) atoms. The van der Waals surface area contributed by atoms with Gasteiger partial charge in [0.1, 0.15) is 0 Å². The maximum Gasteiger partial charge on any atom is 0.407 e. The molecule has 3 N–H and O–H groups in total. The minimum absolute atomic E-state index is 0.400. The number of amides is 1. The number of hydrogen-bond acceptors (Lipinski definition) is 4. The molecule has 0 saturated heterocycles. The summed E-state index contributed by atoms with van der Waals surface area (Å²) >= 11 is 0. The molecule has 5 nitrogen and oxygen atoms in total. The molecule has 0 atom stereocenters. The van der Waals surface area contributed by atoms with E-state index in [4.69, 9.17) is 14.9 Å². The van der Waals surface area contributed by atoms with Crippen molar-refractivity contribution in [3.63, 3.8) is 0 Å². The Morgan fingerprint density at radius 3 is 2.38 bits per heavy atom. The third kappa shape index (κ3) is 4.69. The SMILES string of the molecule is CCCNC(=O)OC(C)(CO)CO. The molecular weight excluding hydrogens is 174 g/mol. The second-order valence-electron chi connectivity index (χ2n) is 3.08. The van der Waals surface area contributed by atoms with E-state index >= 15 is 0 Å². The maximum absolute atomic E-state index is 11.0. The quantitative estimate of drug-likeness (QED) is 0.565. The van der Waals surface area contributed by atoms with E-state index in [9.17, 15) is 4.79 Å². The summed E-state index contributed by atoms with van der Waals surface area (Å²) < 4.78 is 4.79. The largest absolute Gasteiger partial charge is 0.438 e. The molecular formula is C8H17NO4. The average Bonchev–Trinajstić information content (AvgIpc) is 2.14. The van der Waals surface area contributed by atoms with Crippen molar-refractivity contribution in [3.8, 4) is 0 Å². The van der Waals surface area contributed by atoms with Crippen LogP contribution in [0.2, 0.25) is 0 Å². The second-order valence-corrected chi connectivity index (χ2v) is 3.08.